The summed E-state index contributed by atoms with van der Waals surface area (Å²) >= 11 is 3.03. The van der Waals surface area contributed by atoms with Crippen molar-refractivity contribution in [1.82, 2.24) is 24.1 Å². The van der Waals surface area contributed by atoms with Crippen LogP contribution in [0.15, 0.2) is 11.7 Å². The highest BCUT2D eigenvalue weighted by molar-refractivity contribution is 7.15. The number of thiazole rings is 1. The minimum Gasteiger partial charge on any atom is -0.382 e. The first kappa shape index (κ1) is 12.7. The Morgan fingerprint density at radius 1 is 1.33 bits per heavy atom. The number of nitrogens with two attached hydrogens (primary N) is 1. The SMILES string of the molecule is Cc1csc(-c2c(N)nsc2N2CCn3cnnc3C2)n1. The van der Waals surface area contributed by atoms with Crippen LogP contribution in [0, 0.1) is 6.92 Å². The maximum atomic E-state index is 6.07. The number of rotatable bonds is 2. The molecule has 0 saturated heterocycles. The van der Waals surface area contributed by atoms with E-state index in [2.05, 4.69) is 29.0 Å². The van der Waals surface area contributed by atoms with Gasteiger partial charge in [-0.05, 0) is 18.5 Å². The van der Waals surface area contributed by atoms with E-state index >= 15 is 0 Å². The lowest BCUT2D eigenvalue weighted by atomic mass is 10.2. The van der Waals surface area contributed by atoms with E-state index in [-0.39, 0.29) is 0 Å². The number of nitrogen functional groups attached to an aromatic ring is 1. The van der Waals surface area contributed by atoms with Gasteiger partial charge in [-0.25, -0.2) is 4.98 Å². The molecule has 1 aliphatic rings. The molecule has 4 rings (SSSR count). The monoisotopic (exact) mass is 319 g/mol. The van der Waals surface area contributed by atoms with Crippen LogP contribution in [-0.4, -0.2) is 30.7 Å². The van der Waals surface area contributed by atoms with Gasteiger partial charge in [0.25, 0.3) is 0 Å². The molecule has 0 fully saturated rings. The maximum absolute atomic E-state index is 6.07. The Balaban J connectivity index is 1.74. The molecule has 3 aromatic rings. The van der Waals surface area contributed by atoms with Gasteiger partial charge in [-0.15, -0.1) is 21.5 Å². The lowest BCUT2D eigenvalue weighted by molar-refractivity contribution is 0.563. The number of aromatic nitrogens is 5. The molecule has 2 N–H and O–H groups in total. The van der Waals surface area contributed by atoms with Crippen molar-refractivity contribution in [2.75, 3.05) is 17.2 Å². The van der Waals surface area contributed by atoms with Crippen molar-refractivity contribution in [3.63, 3.8) is 0 Å². The molecule has 108 valence electrons. The molecule has 1 aliphatic heterocycles. The average Bonchev–Trinajstić information content (AvgIpc) is 3.17. The van der Waals surface area contributed by atoms with Crippen LogP contribution in [0.5, 0.6) is 0 Å². The van der Waals surface area contributed by atoms with Crippen molar-refractivity contribution < 1.29 is 0 Å². The number of aryl methyl sites for hydroxylation is 1. The van der Waals surface area contributed by atoms with Crippen molar-refractivity contribution in [1.29, 1.82) is 0 Å². The highest BCUT2D eigenvalue weighted by atomic mass is 32.1. The summed E-state index contributed by atoms with van der Waals surface area (Å²) < 4.78 is 6.40. The first-order valence-electron chi connectivity index (χ1n) is 6.51. The van der Waals surface area contributed by atoms with Crippen molar-refractivity contribution in [2.24, 2.45) is 0 Å². The summed E-state index contributed by atoms with van der Waals surface area (Å²) in [5.74, 6) is 1.52. The van der Waals surface area contributed by atoms with Gasteiger partial charge in [0.1, 0.15) is 22.2 Å². The lowest BCUT2D eigenvalue weighted by Gasteiger charge is -2.27. The molecule has 21 heavy (non-hydrogen) atoms. The molecule has 0 saturated carbocycles. The Kier molecular flexibility index (Phi) is 2.89. The number of hydrogen-bond donors (Lipinski definition) is 1. The summed E-state index contributed by atoms with van der Waals surface area (Å²) in [6.07, 6.45) is 1.78. The van der Waals surface area contributed by atoms with E-state index in [1.54, 1.807) is 17.7 Å². The Morgan fingerprint density at radius 2 is 2.24 bits per heavy atom. The molecular formula is C12H13N7S2. The summed E-state index contributed by atoms with van der Waals surface area (Å²) in [5, 5.41) is 12.1. The molecule has 0 atom stereocenters. The lowest BCUT2D eigenvalue weighted by Crippen LogP contribution is -2.33. The van der Waals surface area contributed by atoms with Crippen LogP contribution in [-0.2, 0) is 13.1 Å². The highest BCUT2D eigenvalue weighted by Crippen LogP contribution is 2.41. The van der Waals surface area contributed by atoms with E-state index in [0.29, 0.717) is 5.82 Å². The molecule has 0 bridgehead atoms. The van der Waals surface area contributed by atoms with E-state index in [0.717, 1.165) is 46.7 Å². The second-order valence-corrected chi connectivity index (χ2v) is 6.51. The summed E-state index contributed by atoms with van der Waals surface area (Å²) in [6.45, 7) is 4.47. The largest absolute Gasteiger partial charge is 0.382 e. The van der Waals surface area contributed by atoms with Crippen molar-refractivity contribution in [3.8, 4) is 10.6 Å². The first-order valence-corrected chi connectivity index (χ1v) is 8.17. The van der Waals surface area contributed by atoms with E-state index in [9.17, 15) is 0 Å². The molecular weight excluding hydrogens is 306 g/mol. The van der Waals surface area contributed by atoms with E-state index < -0.39 is 0 Å². The summed E-state index contributed by atoms with van der Waals surface area (Å²) in [6, 6.07) is 0. The molecule has 4 heterocycles. The van der Waals surface area contributed by atoms with Crippen LogP contribution in [0.2, 0.25) is 0 Å². The van der Waals surface area contributed by atoms with Gasteiger partial charge in [0, 0.05) is 24.2 Å². The van der Waals surface area contributed by atoms with Gasteiger partial charge in [0.2, 0.25) is 0 Å². The Hall–Kier alpha value is -2.00. The summed E-state index contributed by atoms with van der Waals surface area (Å²) in [4.78, 5) is 6.80. The number of anilines is 2. The average molecular weight is 319 g/mol. The Morgan fingerprint density at radius 3 is 3.05 bits per heavy atom. The van der Waals surface area contributed by atoms with Crippen LogP contribution in [0.3, 0.4) is 0 Å². The Bertz CT molecular complexity index is 787. The molecule has 9 heteroatoms. The number of nitrogens with zero attached hydrogens (tertiary/aromatic N) is 6. The maximum Gasteiger partial charge on any atom is 0.152 e. The highest BCUT2D eigenvalue weighted by Gasteiger charge is 2.25. The minimum atomic E-state index is 0.552. The third-order valence-electron chi connectivity index (χ3n) is 3.46. The van der Waals surface area contributed by atoms with E-state index in [4.69, 9.17) is 5.73 Å². The molecule has 0 amide bonds. The van der Waals surface area contributed by atoms with Gasteiger partial charge in [-0.2, -0.15) is 4.37 Å². The molecule has 0 radical (unpaired) electrons. The van der Waals surface area contributed by atoms with Gasteiger partial charge >= 0.3 is 0 Å². The predicted molar refractivity (Wildman–Crippen MR) is 83.4 cm³/mol. The third-order valence-corrected chi connectivity index (χ3v) is 5.36. The van der Waals surface area contributed by atoms with Gasteiger partial charge in [0.05, 0.1) is 12.1 Å². The van der Waals surface area contributed by atoms with Crippen LogP contribution in [0.4, 0.5) is 10.8 Å². The summed E-state index contributed by atoms with van der Waals surface area (Å²) in [7, 11) is 0. The van der Waals surface area contributed by atoms with Crippen LogP contribution in [0.1, 0.15) is 11.5 Å². The van der Waals surface area contributed by atoms with Crippen LogP contribution in [0.25, 0.3) is 10.6 Å². The fourth-order valence-corrected chi connectivity index (χ4v) is 4.17. The summed E-state index contributed by atoms with van der Waals surface area (Å²) in [5.41, 5.74) is 8.02. The topological polar surface area (TPSA) is 85.8 Å². The zero-order chi connectivity index (χ0) is 14.4. The van der Waals surface area contributed by atoms with E-state index in [1.807, 2.05) is 12.3 Å². The fourth-order valence-electron chi connectivity index (χ4n) is 2.42. The first-order chi connectivity index (χ1) is 10.2. The van der Waals surface area contributed by atoms with Gasteiger partial charge in [-0.1, -0.05) is 0 Å². The van der Waals surface area contributed by atoms with Crippen molar-refractivity contribution in [3.05, 3.63) is 23.2 Å². The standard InChI is InChI=1S/C12H13N7S2/c1-7-5-20-11(15-7)9-10(13)17-21-12(9)18-2-3-19-6-14-16-8(19)4-18/h5-6H,2-4H2,1H3,(H2,13,17). The predicted octanol–water partition coefficient (Wildman–Crippen LogP) is 1.77. The van der Waals surface area contributed by atoms with Crippen molar-refractivity contribution >= 4 is 33.7 Å². The second-order valence-electron chi connectivity index (χ2n) is 4.90. The zero-order valence-electron chi connectivity index (χ0n) is 11.4. The molecule has 7 nitrogen and oxygen atoms in total. The molecule has 0 aromatic carbocycles. The molecule has 0 unspecified atom stereocenters. The van der Waals surface area contributed by atoms with Gasteiger partial charge in [-0.3, -0.25) is 0 Å². The van der Waals surface area contributed by atoms with Crippen molar-refractivity contribution in [2.45, 2.75) is 20.0 Å². The fraction of sp³-hybridized carbons (Fsp3) is 0.333. The normalized spacial score (nSPS) is 14.4. The third kappa shape index (κ3) is 2.09. The minimum absolute atomic E-state index is 0.552. The molecule has 0 aliphatic carbocycles. The Labute approximate surface area is 129 Å². The molecule has 3 aromatic heterocycles. The number of hydrogen-bond acceptors (Lipinski definition) is 8. The molecule has 0 spiro atoms. The van der Waals surface area contributed by atoms with Gasteiger partial charge < -0.3 is 15.2 Å². The zero-order valence-corrected chi connectivity index (χ0v) is 13.0. The number of fused-ring (bicyclic) bond motifs is 1. The van der Waals surface area contributed by atoms with Gasteiger partial charge in [0.15, 0.2) is 5.82 Å². The van der Waals surface area contributed by atoms with E-state index in [1.165, 1.54) is 11.5 Å². The van der Waals surface area contributed by atoms with Crippen LogP contribution >= 0.6 is 22.9 Å². The second kappa shape index (κ2) is 4.78. The van der Waals surface area contributed by atoms with Crippen LogP contribution < -0.4 is 10.6 Å². The quantitative estimate of drug-likeness (QED) is 0.775. The smallest absolute Gasteiger partial charge is 0.152 e.